The van der Waals surface area contributed by atoms with E-state index in [4.69, 9.17) is 9.94 Å². The Morgan fingerprint density at radius 2 is 1.94 bits per heavy atom. The summed E-state index contributed by atoms with van der Waals surface area (Å²) in [6.45, 7) is 1.78. The minimum Gasteiger partial charge on any atom is -0.490 e. The van der Waals surface area contributed by atoms with Crippen LogP contribution in [0.2, 0.25) is 0 Å². The van der Waals surface area contributed by atoms with E-state index in [1.54, 1.807) is 6.92 Å². The Labute approximate surface area is 108 Å². The Balaban J connectivity index is 2.04. The summed E-state index contributed by atoms with van der Waals surface area (Å²) >= 11 is 0. The van der Waals surface area contributed by atoms with Crippen molar-refractivity contribution < 1.29 is 9.94 Å². The fourth-order valence-corrected chi connectivity index (χ4v) is 2.40. The molecule has 1 aliphatic rings. The Morgan fingerprint density at radius 1 is 1.22 bits per heavy atom. The molecule has 1 fully saturated rings. The number of ether oxygens (including phenoxy) is 1. The third-order valence-electron chi connectivity index (χ3n) is 3.51. The average Bonchev–Trinajstić information content (AvgIpc) is 2.67. The van der Waals surface area contributed by atoms with Gasteiger partial charge in [-0.05, 0) is 44.7 Å². The lowest BCUT2D eigenvalue weighted by atomic mass is 10.1. The van der Waals surface area contributed by atoms with Gasteiger partial charge < -0.3 is 9.94 Å². The fraction of sp³-hybridized carbons (Fsp3) is 0.533. The molecule has 0 heterocycles. The van der Waals surface area contributed by atoms with Gasteiger partial charge in [-0.15, -0.1) is 0 Å². The summed E-state index contributed by atoms with van der Waals surface area (Å²) in [5.41, 5.74) is 1.52. The summed E-state index contributed by atoms with van der Waals surface area (Å²) in [7, 11) is 0. The van der Waals surface area contributed by atoms with Crippen LogP contribution in [0.15, 0.2) is 29.4 Å². The molecule has 0 unspecified atom stereocenters. The van der Waals surface area contributed by atoms with Crippen molar-refractivity contribution in [3.05, 3.63) is 29.8 Å². The number of hydrogen-bond acceptors (Lipinski definition) is 3. The maximum absolute atomic E-state index is 8.78. The normalized spacial score (nSPS) is 18.4. The van der Waals surface area contributed by atoms with Gasteiger partial charge in [0.25, 0.3) is 0 Å². The van der Waals surface area contributed by atoms with Crippen molar-refractivity contribution in [2.75, 3.05) is 0 Å². The first-order chi connectivity index (χ1) is 8.79. The fourth-order valence-electron chi connectivity index (χ4n) is 2.40. The minimum atomic E-state index is 0.342. The van der Waals surface area contributed by atoms with E-state index in [9.17, 15) is 0 Å². The maximum atomic E-state index is 8.78. The molecule has 2 rings (SSSR count). The third kappa shape index (κ3) is 3.49. The summed E-state index contributed by atoms with van der Waals surface area (Å²) in [6, 6.07) is 7.78. The molecular formula is C15H21NO2. The summed E-state index contributed by atoms with van der Waals surface area (Å²) < 4.78 is 6.03. The number of rotatable bonds is 3. The highest BCUT2D eigenvalue weighted by atomic mass is 16.5. The van der Waals surface area contributed by atoms with Crippen molar-refractivity contribution in [3.8, 4) is 5.75 Å². The van der Waals surface area contributed by atoms with E-state index in [0.29, 0.717) is 11.8 Å². The molecule has 1 N–H and O–H groups in total. The largest absolute Gasteiger partial charge is 0.490 e. The van der Waals surface area contributed by atoms with Gasteiger partial charge in [0.15, 0.2) is 0 Å². The Morgan fingerprint density at radius 3 is 2.61 bits per heavy atom. The molecule has 1 aliphatic carbocycles. The van der Waals surface area contributed by atoms with Gasteiger partial charge in [0.1, 0.15) is 5.75 Å². The number of nitrogens with zero attached hydrogens (tertiary/aromatic N) is 1. The van der Waals surface area contributed by atoms with E-state index in [-0.39, 0.29) is 0 Å². The van der Waals surface area contributed by atoms with E-state index >= 15 is 0 Å². The van der Waals surface area contributed by atoms with Crippen LogP contribution < -0.4 is 4.74 Å². The van der Waals surface area contributed by atoms with Crippen LogP contribution in [0.5, 0.6) is 5.75 Å². The van der Waals surface area contributed by atoms with Gasteiger partial charge in [-0.1, -0.05) is 30.1 Å². The highest BCUT2D eigenvalue weighted by Crippen LogP contribution is 2.23. The van der Waals surface area contributed by atoms with E-state index in [2.05, 4.69) is 5.16 Å². The molecule has 0 aromatic heterocycles. The zero-order valence-corrected chi connectivity index (χ0v) is 10.9. The van der Waals surface area contributed by atoms with Crippen molar-refractivity contribution in [3.63, 3.8) is 0 Å². The standard InChI is InChI=1S/C15H21NO2/c1-12(16-17)13-7-6-10-15(11-13)18-14-8-4-2-3-5-9-14/h6-7,10-11,14,17H,2-5,8-9H2,1H3/b16-12-. The van der Waals surface area contributed by atoms with Gasteiger partial charge in [0.05, 0.1) is 11.8 Å². The number of oxime groups is 1. The van der Waals surface area contributed by atoms with E-state index in [1.807, 2.05) is 24.3 Å². The van der Waals surface area contributed by atoms with Crippen LogP contribution in [0, 0.1) is 0 Å². The third-order valence-corrected chi connectivity index (χ3v) is 3.51. The van der Waals surface area contributed by atoms with Crippen molar-refractivity contribution in [2.45, 2.75) is 51.6 Å². The summed E-state index contributed by atoms with van der Waals surface area (Å²) in [5.74, 6) is 0.877. The molecule has 0 radical (unpaired) electrons. The van der Waals surface area contributed by atoms with Crippen LogP contribution in [-0.2, 0) is 0 Å². The van der Waals surface area contributed by atoms with Crippen molar-refractivity contribution in [1.29, 1.82) is 0 Å². The van der Waals surface area contributed by atoms with E-state index < -0.39 is 0 Å². The van der Waals surface area contributed by atoms with Crippen molar-refractivity contribution in [1.82, 2.24) is 0 Å². The second kappa shape index (κ2) is 6.43. The zero-order chi connectivity index (χ0) is 12.8. The smallest absolute Gasteiger partial charge is 0.120 e. The molecule has 0 amide bonds. The van der Waals surface area contributed by atoms with Crippen LogP contribution >= 0.6 is 0 Å². The Hall–Kier alpha value is -1.51. The lowest BCUT2D eigenvalue weighted by Gasteiger charge is -2.17. The average molecular weight is 247 g/mol. The molecule has 98 valence electrons. The molecule has 1 saturated carbocycles. The summed E-state index contributed by atoms with van der Waals surface area (Å²) in [5, 5.41) is 12.0. The first kappa shape index (κ1) is 12.9. The van der Waals surface area contributed by atoms with Gasteiger partial charge in [-0.3, -0.25) is 0 Å². The van der Waals surface area contributed by atoms with Gasteiger partial charge >= 0.3 is 0 Å². The molecule has 0 saturated heterocycles. The first-order valence-electron chi connectivity index (χ1n) is 6.75. The van der Waals surface area contributed by atoms with Crippen molar-refractivity contribution >= 4 is 5.71 Å². The molecule has 0 atom stereocenters. The quantitative estimate of drug-likeness (QED) is 0.380. The van der Waals surface area contributed by atoms with Crippen molar-refractivity contribution in [2.24, 2.45) is 5.16 Å². The first-order valence-corrected chi connectivity index (χ1v) is 6.75. The van der Waals surface area contributed by atoms with Crippen LogP contribution in [0.1, 0.15) is 51.0 Å². The van der Waals surface area contributed by atoms with Crippen LogP contribution in [0.25, 0.3) is 0 Å². The van der Waals surface area contributed by atoms with Gasteiger partial charge in [-0.2, -0.15) is 0 Å². The Bertz CT molecular complexity index is 407. The predicted molar refractivity (Wildman–Crippen MR) is 72.6 cm³/mol. The van der Waals surface area contributed by atoms with Gasteiger partial charge in [0, 0.05) is 5.56 Å². The lowest BCUT2D eigenvalue weighted by molar-refractivity contribution is 0.183. The molecule has 18 heavy (non-hydrogen) atoms. The second-order valence-corrected chi connectivity index (χ2v) is 4.94. The maximum Gasteiger partial charge on any atom is 0.120 e. The molecule has 0 bridgehead atoms. The molecule has 0 aliphatic heterocycles. The molecule has 1 aromatic rings. The molecule has 3 nitrogen and oxygen atoms in total. The monoisotopic (exact) mass is 247 g/mol. The van der Waals surface area contributed by atoms with Gasteiger partial charge in [-0.25, -0.2) is 0 Å². The number of hydrogen-bond donors (Lipinski definition) is 1. The SMILES string of the molecule is C/C(=N/O)c1cccc(OC2CCCCCC2)c1. The topological polar surface area (TPSA) is 41.8 Å². The lowest BCUT2D eigenvalue weighted by Crippen LogP contribution is -2.15. The molecule has 3 heteroatoms. The summed E-state index contributed by atoms with van der Waals surface area (Å²) in [4.78, 5) is 0. The highest BCUT2D eigenvalue weighted by molar-refractivity contribution is 5.98. The highest BCUT2D eigenvalue weighted by Gasteiger charge is 2.13. The molecular weight excluding hydrogens is 226 g/mol. The Kier molecular flexibility index (Phi) is 4.62. The summed E-state index contributed by atoms with van der Waals surface area (Å²) in [6.07, 6.45) is 7.83. The van der Waals surface area contributed by atoms with Crippen LogP contribution in [0.4, 0.5) is 0 Å². The predicted octanol–water partition coefficient (Wildman–Crippen LogP) is 3.99. The molecule has 0 spiro atoms. The second-order valence-electron chi connectivity index (χ2n) is 4.94. The van der Waals surface area contributed by atoms with Crippen LogP contribution in [0.3, 0.4) is 0 Å². The van der Waals surface area contributed by atoms with Crippen LogP contribution in [-0.4, -0.2) is 17.0 Å². The minimum absolute atomic E-state index is 0.342. The molecule has 1 aromatic carbocycles. The zero-order valence-electron chi connectivity index (χ0n) is 10.9. The van der Waals surface area contributed by atoms with Gasteiger partial charge in [0.2, 0.25) is 0 Å². The number of benzene rings is 1. The van der Waals surface area contributed by atoms with E-state index in [0.717, 1.165) is 24.2 Å². The van der Waals surface area contributed by atoms with E-state index in [1.165, 1.54) is 25.7 Å².